The summed E-state index contributed by atoms with van der Waals surface area (Å²) in [7, 11) is 5.38. The molecule has 0 aromatic heterocycles. The molecule has 0 aliphatic carbocycles. The molecule has 0 saturated heterocycles. The van der Waals surface area contributed by atoms with Gasteiger partial charge in [-0.05, 0) is 51.4 Å². The molecule has 288 valence electrons. The fraction of sp³-hybridized carbons (Fsp3) is 0.738. The van der Waals surface area contributed by atoms with E-state index in [1.807, 2.05) is 0 Å². The zero-order valence-corrected chi connectivity index (χ0v) is 32.5. The van der Waals surface area contributed by atoms with Gasteiger partial charge < -0.3 is 28.6 Å². The van der Waals surface area contributed by atoms with Crippen LogP contribution in [0.15, 0.2) is 48.6 Å². The van der Waals surface area contributed by atoms with Gasteiger partial charge in [-0.25, -0.2) is 0 Å². The van der Waals surface area contributed by atoms with Crippen LogP contribution in [0.2, 0.25) is 0 Å². The van der Waals surface area contributed by atoms with Gasteiger partial charge in [0.15, 0.2) is 6.10 Å². The van der Waals surface area contributed by atoms with Gasteiger partial charge in [-0.15, -0.1) is 0 Å². The zero-order chi connectivity index (χ0) is 37.1. The van der Waals surface area contributed by atoms with Crippen molar-refractivity contribution in [1.29, 1.82) is 0 Å². The van der Waals surface area contributed by atoms with Crippen molar-refractivity contribution in [2.45, 2.75) is 161 Å². The minimum Gasteiger partial charge on any atom is -0.544 e. The number of nitrogens with zero attached hydrogens (tertiary/aromatic N) is 1. The fourth-order valence-electron chi connectivity index (χ4n) is 5.41. The summed E-state index contributed by atoms with van der Waals surface area (Å²) in [4.78, 5) is 36.5. The predicted octanol–water partition coefficient (Wildman–Crippen LogP) is 8.74. The smallest absolute Gasteiger partial charge is 0.306 e. The monoisotopic (exact) mass is 704 g/mol. The molecule has 0 radical (unpaired) electrons. The van der Waals surface area contributed by atoms with Crippen LogP contribution in [0.4, 0.5) is 0 Å². The van der Waals surface area contributed by atoms with Gasteiger partial charge in [-0.1, -0.05) is 127 Å². The molecular formula is C42H73NO7. The maximum atomic E-state index is 12.5. The third-order valence-corrected chi connectivity index (χ3v) is 8.48. The Bertz CT molecular complexity index is 964. The Balaban J connectivity index is 4.29. The zero-order valence-electron chi connectivity index (χ0n) is 32.5. The second-order valence-corrected chi connectivity index (χ2v) is 14.1. The molecule has 0 aliphatic heterocycles. The van der Waals surface area contributed by atoms with Crippen LogP contribution in [0.25, 0.3) is 0 Å². The third kappa shape index (κ3) is 31.3. The lowest BCUT2D eigenvalue weighted by atomic mass is 10.1. The molecule has 0 rings (SSSR count). The van der Waals surface area contributed by atoms with Gasteiger partial charge in [0.05, 0.1) is 40.3 Å². The van der Waals surface area contributed by atoms with Crippen molar-refractivity contribution in [2.24, 2.45) is 0 Å². The maximum absolute atomic E-state index is 12.5. The summed E-state index contributed by atoms with van der Waals surface area (Å²) in [6.07, 6.45) is 37.2. The number of aliphatic carboxylic acids is 1. The first-order valence-corrected chi connectivity index (χ1v) is 19.7. The Kier molecular flexibility index (Phi) is 31.6. The van der Waals surface area contributed by atoms with Crippen molar-refractivity contribution in [2.75, 3.05) is 41.0 Å². The van der Waals surface area contributed by atoms with E-state index in [1.54, 1.807) is 21.1 Å². The van der Waals surface area contributed by atoms with Crippen LogP contribution in [0.5, 0.6) is 0 Å². The summed E-state index contributed by atoms with van der Waals surface area (Å²) in [6.45, 7) is 4.47. The molecule has 2 atom stereocenters. The minimum absolute atomic E-state index is 0.0356. The van der Waals surface area contributed by atoms with Crippen molar-refractivity contribution in [3.05, 3.63) is 48.6 Å². The molecular weight excluding hydrogens is 630 g/mol. The number of unbranched alkanes of at least 4 members (excludes halogenated alkanes) is 12. The van der Waals surface area contributed by atoms with E-state index in [0.29, 0.717) is 12.8 Å². The van der Waals surface area contributed by atoms with Gasteiger partial charge >= 0.3 is 11.9 Å². The lowest BCUT2D eigenvalue weighted by Crippen LogP contribution is -2.55. The quantitative estimate of drug-likeness (QED) is 0.0286. The molecule has 0 spiro atoms. The second-order valence-electron chi connectivity index (χ2n) is 14.1. The van der Waals surface area contributed by atoms with Gasteiger partial charge in [0, 0.05) is 19.3 Å². The molecule has 2 unspecified atom stereocenters. The fourth-order valence-corrected chi connectivity index (χ4v) is 5.41. The topological polar surface area (TPSA) is 102 Å². The van der Waals surface area contributed by atoms with E-state index >= 15 is 0 Å². The van der Waals surface area contributed by atoms with Crippen LogP contribution in [-0.4, -0.2) is 75.5 Å². The number of rotatable bonds is 34. The molecule has 0 aromatic carbocycles. The van der Waals surface area contributed by atoms with Crippen LogP contribution in [-0.2, 0) is 28.6 Å². The number of quaternary nitrogens is 1. The van der Waals surface area contributed by atoms with Crippen molar-refractivity contribution < 1.29 is 38.2 Å². The molecule has 0 fully saturated rings. The summed E-state index contributed by atoms with van der Waals surface area (Å²) in [5.41, 5.74) is 0. The van der Waals surface area contributed by atoms with E-state index in [9.17, 15) is 19.5 Å². The highest BCUT2D eigenvalue weighted by Crippen LogP contribution is 2.13. The molecule has 50 heavy (non-hydrogen) atoms. The van der Waals surface area contributed by atoms with E-state index in [1.165, 1.54) is 38.5 Å². The van der Waals surface area contributed by atoms with E-state index in [-0.39, 0.29) is 42.7 Å². The first kappa shape index (κ1) is 47.3. The number of hydrogen-bond acceptors (Lipinski definition) is 7. The molecule has 8 nitrogen and oxygen atoms in total. The first-order chi connectivity index (χ1) is 24.1. The Morgan fingerprint density at radius 1 is 0.620 bits per heavy atom. The highest BCUT2D eigenvalue weighted by atomic mass is 16.6. The standard InChI is InChI=1S/C42H73NO7/c1-6-8-10-12-14-15-16-17-18-19-20-21-22-23-24-25-27-28-30-32-40(44)49-37-38(36-48-35-34-39(42(46)47)43(3,4)5)50-41(45)33-31-29-26-13-11-9-7-2/h8,10,14-15,17-18,20-21,38-39H,6-7,9,11-13,16,19,22-37H2,1-5H3/b10-8+,15-14+,18-17+,21-20+. The molecule has 0 N–H and O–H groups in total. The van der Waals surface area contributed by atoms with E-state index < -0.39 is 18.1 Å². The van der Waals surface area contributed by atoms with E-state index in [0.717, 1.165) is 77.0 Å². The van der Waals surface area contributed by atoms with Crippen LogP contribution in [0, 0.1) is 0 Å². The van der Waals surface area contributed by atoms with Crippen LogP contribution >= 0.6 is 0 Å². The number of carboxylic acid groups (broad SMARTS) is 1. The van der Waals surface area contributed by atoms with Gasteiger partial charge in [0.25, 0.3) is 0 Å². The second kappa shape index (κ2) is 33.4. The largest absolute Gasteiger partial charge is 0.544 e. The predicted molar refractivity (Wildman–Crippen MR) is 203 cm³/mol. The molecule has 0 amide bonds. The average molecular weight is 704 g/mol. The Hall–Kier alpha value is -2.71. The van der Waals surface area contributed by atoms with Gasteiger partial charge in [-0.3, -0.25) is 9.59 Å². The molecule has 0 heterocycles. The number of carbonyl (C=O) groups excluding carboxylic acids is 3. The van der Waals surface area contributed by atoms with Crippen molar-refractivity contribution in [3.63, 3.8) is 0 Å². The summed E-state index contributed by atoms with van der Waals surface area (Å²) in [5, 5.41) is 11.6. The van der Waals surface area contributed by atoms with Gasteiger partial charge in [-0.2, -0.15) is 0 Å². The Morgan fingerprint density at radius 3 is 1.66 bits per heavy atom. The maximum Gasteiger partial charge on any atom is 0.306 e. The lowest BCUT2D eigenvalue weighted by molar-refractivity contribution is -0.889. The van der Waals surface area contributed by atoms with Gasteiger partial charge in [0.1, 0.15) is 12.6 Å². The van der Waals surface area contributed by atoms with Gasteiger partial charge in [0.2, 0.25) is 0 Å². The third-order valence-electron chi connectivity index (χ3n) is 8.48. The number of allylic oxidation sites excluding steroid dienone is 8. The van der Waals surface area contributed by atoms with Crippen molar-refractivity contribution in [1.82, 2.24) is 0 Å². The van der Waals surface area contributed by atoms with Crippen LogP contribution in [0.1, 0.15) is 149 Å². The lowest BCUT2D eigenvalue weighted by Gasteiger charge is -2.34. The van der Waals surface area contributed by atoms with Crippen LogP contribution < -0.4 is 5.11 Å². The molecule has 0 aliphatic rings. The molecule has 0 aromatic rings. The number of likely N-dealkylation sites (N-methyl/N-ethyl adjacent to an activating group) is 1. The number of ether oxygens (including phenoxy) is 3. The SMILES string of the molecule is CC/C=C/C/C=C/C/C=C/C/C=C/CCCCCCCCC(=O)OCC(COCCC(C(=O)[O-])[N+](C)(C)C)OC(=O)CCCCCCCCC. The molecule has 0 bridgehead atoms. The summed E-state index contributed by atoms with van der Waals surface area (Å²) < 4.78 is 17.0. The Morgan fingerprint density at radius 2 is 1.12 bits per heavy atom. The normalized spacial score (nSPS) is 13.5. The van der Waals surface area contributed by atoms with Crippen molar-refractivity contribution in [3.8, 4) is 0 Å². The van der Waals surface area contributed by atoms with E-state index in [4.69, 9.17) is 14.2 Å². The van der Waals surface area contributed by atoms with Crippen LogP contribution in [0.3, 0.4) is 0 Å². The highest BCUT2D eigenvalue weighted by molar-refractivity contribution is 5.70. The van der Waals surface area contributed by atoms with E-state index in [2.05, 4.69) is 62.5 Å². The van der Waals surface area contributed by atoms with Crippen molar-refractivity contribution >= 4 is 17.9 Å². The minimum atomic E-state index is -1.13. The average Bonchev–Trinajstić information content (AvgIpc) is 3.06. The summed E-state index contributed by atoms with van der Waals surface area (Å²) in [5.74, 6) is -1.77. The number of hydrogen-bond donors (Lipinski definition) is 0. The molecule has 0 saturated carbocycles. The summed E-state index contributed by atoms with van der Waals surface area (Å²) >= 11 is 0. The summed E-state index contributed by atoms with van der Waals surface area (Å²) in [6, 6.07) is -0.725. The Labute approximate surface area is 306 Å². The number of esters is 2. The first-order valence-electron chi connectivity index (χ1n) is 19.7. The number of carboxylic acids is 1. The number of carbonyl (C=O) groups is 3. The molecule has 8 heteroatoms. The highest BCUT2D eigenvalue weighted by Gasteiger charge is 2.25.